The molecule has 2 N–H and O–H groups in total. The standard InChI is InChI=1S/C70H94N6O16/c1-13-14-28-53-65(82)72-52(40-46-31-32-47-24-18-19-25-49(47)39-46)66(83)75(9)55(43-91-69(2,3)4)64(81)71-42-58(77)73(7)37-21-16-15-17-30-60(79)90-45-70(5,6)63(80)67(84)76-38-22-20-29-54(76)68(85)92-56(50-26-23-27-51(41-50)89-44-59(78)74(53)8)35-33-48-34-36-57(86-10)62(88-12)61(48)87-11/h17-19,23-27,30-32,34,36,39,41,52-56H,13-16,20-22,28-29,33,35,37-38,40,42-45H2,1-12H3,(H,71,81)(H,72,82)/t52-,53-,54-,55-,56+/m0/s1. The molecule has 2 aliphatic rings. The van der Waals surface area contributed by atoms with E-state index in [-0.39, 0.29) is 51.0 Å². The van der Waals surface area contributed by atoms with E-state index < -0.39 is 114 Å². The van der Waals surface area contributed by atoms with Crippen molar-refractivity contribution in [3.8, 4) is 23.0 Å². The first kappa shape index (κ1) is 72.5. The molecular formula is C70H94N6O16. The van der Waals surface area contributed by atoms with E-state index in [1.165, 1.54) is 74.9 Å². The fourth-order valence-electron chi connectivity index (χ4n) is 11.0. The number of esters is 2. The second kappa shape index (κ2) is 34.2. The Bertz CT molecular complexity index is 3270. The van der Waals surface area contributed by atoms with Gasteiger partial charge in [0.2, 0.25) is 35.2 Å². The maximum atomic E-state index is 15.1. The van der Waals surface area contributed by atoms with Gasteiger partial charge in [-0.2, -0.15) is 0 Å². The first-order valence-electron chi connectivity index (χ1n) is 31.7. The minimum atomic E-state index is -1.48. The summed E-state index contributed by atoms with van der Waals surface area (Å²) in [6, 6.07) is 18.9. The summed E-state index contributed by atoms with van der Waals surface area (Å²) in [5.74, 6) is -4.70. The maximum Gasteiger partial charge on any atom is 0.330 e. The predicted molar refractivity (Wildman–Crippen MR) is 346 cm³/mol. The van der Waals surface area contributed by atoms with Gasteiger partial charge in [-0.3, -0.25) is 33.6 Å². The van der Waals surface area contributed by atoms with E-state index in [9.17, 15) is 38.4 Å². The number of Topliss-reactive ketones (excluding diaryl/α,β-unsaturated/α-hetero) is 1. The molecule has 6 amide bonds. The number of allylic oxidation sites excluding steroid dienone is 1. The molecule has 0 aliphatic carbocycles. The Morgan fingerprint density at radius 3 is 2.15 bits per heavy atom. The molecule has 22 nitrogen and oxygen atoms in total. The lowest BCUT2D eigenvalue weighted by Crippen LogP contribution is -2.59. The minimum Gasteiger partial charge on any atom is -0.493 e. The quantitative estimate of drug-likeness (QED) is 0.0961. The third-order valence-corrected chi connectivity index (χ3v) is 16.6. The number of methoxy groups -OCH3 is 3. The van der Waals surface area contributed by atoms with Gasteiger partial charge in [0.25, 0.3) is 11.8 Å². The molecule has 2 aliphatic heterocycles. The minimum absolute atomic E-state index is 0.00216. The number of carbonyl (C=O) groups excluding carboxylic acids is 9. The number of cyclic esters (lactones) is 2. The second-order valence-electron chi connectivity index (χ2n) is 25.1. The number of rotatable bonds is 13. The molecule has 0 unspecified atom stereocenters. The molecule has 2 heterocycles. The Labute approximate surface area is 540 Å². The highest BCUT2D eigenvalue weighted by atomic mass is 16.6. The zero-order valence-electron chi connectivity index (χ0n) is 55.6. The van der Waals surface area contributed by atoms with Crippen LogP contribution in [0.1, 0.15) is 129 Å². The Balaban J connectivity index is 1.35. The number of nitrogens with one attached hydrogen (secondary N) is 2. The van der Waals surface area contributed by atoms with Gasteiger partial charge in [0.15, 0.2) is 18.1 Å². The number of amides is 6. The van der Waals surface area contributed by atoms with Gasteiger partial charge in [-0.15, -0.1) is 0 Å². The van der Waals surface area contributed by atoms with Crippen LogP contribution in [0.2, 0.25) is 0 Å². The van der Waals surface area contributed by atoms with Crippen molar-refractivity contribution in [3.63, 3.8) is 0 Å². The molecule has 6 rings (SSSR count). The Morgan fingerprint density at radius 1 is 0.717 bits per heavy atom. The van der Waals surface area contributed by atoms with Crippen molar-refractivity contribution >= 4 is 63.9 Å². The van der Waals surface area contributed by atoms with Gasteiger partial charge in [0.05, 0.1) is 45.5 Å². The van der Waals surface area contributed by atoms with E-state index in [1.807, 2.05) is 55.5 Å². The molecule has 4 aromatic rings. The lowest BCUT2D eigenvalue weighted by atomic mass is 9.87. The van der Waals surface area contributed by atoms with Gasteiger partial charge in [0.1, 0.15) is 42.6 Å². The number of benzene rings is 4. The van der Waals surface area contributed by atoms with Crippen molar-refractivity contribution in [1.29, 1.82) is 0 Å². The third kappa shape index (κ3) is 20.2. The Morgan fingerprint density at radius 2 is 1.45 bits per heavy atom. The largest absolute Gasteiger partial charge is 0.493 e. The van der Waals surface area contributed by atoms with Crippen molar-refractivity contribution < 1.29 is 76.3 Å². The molecule has 0 spiro atoms. The number of ketones is 1. The van der Waals surface area contributed by atoms with Gasteiger partial charge in [-0.1, -0.05) is 86.5 Å². The molecule has 0 aromatic heterocycles. The van der Waals surface area contributed by atoms with Crippen molar-refractivity contribution in [2.75, 3.05) is 81.9 Å². The molecule has 0 radical (unpaired) electrons. The first-order valence-corrected chi connectivity index (χ1v) is 31.7. The van der Waals surface area contributed by atoms with Gasteiger partial charge in [-0.05, 0) is 138 Å². The van der Waals surface area contributed by atoms with E-state index in [0.717, 1.165) is 10.8 Å². The van der Waals surface area contributed by atoms with E-state index in [4.69, 9.17) is 33.2 Å². The number of piperidine rings is 1. The smallest absolute Gasteiger partial charge is 0.330 e. The Hall–Kier alpha value is -8.53. The summed E-state index contributed by atoms with van der Waals surface area (Å²) < 4.78 is 41.2. The molecule has 2 bridgehead atoms. The van der Waals surface area contributed by atoms with Crippen LogP contribution in [0.15, 0.2) is 91.0 Å². The Kier molecular flexibility index (Phi) is 27.0. The molecular weight excluding hydrogens is 1180 g/mol. The highest BCUT2D eigenvalue weighted by Crippen LogP contribution is 2.41. The predicted octanol–water partition coefficient (Wildman–Crippen LogP) is 7.68. The molecule has 1 fully saturated rings. The monoisotopic (exact) mass is 1270 g/mol. The summed E-state index contributed by atoms with van der Waals surface area (Å²) >= 11 is 0. The fourth-order valence-corrected chi connectivity index (χ4v) is 11.0. The van der Waals surface area contributed by atoms with E-state index in [1.54, 1.807) is 64.2 Å². The van der Waals surface area contributed by atoms with E-state index in [2.05, 4.69) is 10.6 Å². The number of hydrogen-bond acceptors (Lipinski definition) is 16. The van der Waals surface area contributed by atoms with Crippen molar-refractivity contribution in [2.24, 2.45) is 5.41 Å². The molecule has 500 valence electrons. The molecule has 4 aromatic carbocycles. The van der Waals surface area contributed by atoms with Crippen LogP contribution in [0.25, 0.3) is 10.8 Å². The van der Waals surface area contributed by atoms with Gasteiger partial charge in [-0.25, -0.2) is 9.59 Å². The normalized spacial score (nSPS) is 21.4. The van der Waals surface area contributed by atoms with Gasteiger partial charge < -0.3 is 63.4 Å². The van der Waals surface area contributed by atoms with Crippen LogP contribution in [0, 0.1) is 5.41 Å². The zero-order chi connectivity index (χ0) is 67.3. The number of ether oxygens (including phenoxy) is 7. The second-order valence-corrected chi connectivity index (χ2v) is 25.1. The average Bonchev–Trinajstić information content (AvgIpc) is 0.846. The number of hydrogen-bond donors (Lipinski definition) is 2. The lowest BCUT2D eigenvalue weighted by Gasteiger charge is -2.36. The summed E-state index contributed by atoms with van der Waals surface area (Å²) in [4.78, 5) is 133. The molecule has 5 atom stereocenters. The lowest BCUT2D eigenvalue weighted by molar-refractivity contribution is -0.165. The third-order valence-electron chi connectivity index (χ3n) is 16.6. The number of nitrogens with zero attached hydrogens (tertiary/aromatic N) is 4. The van der Waals surface area contributed by atoms with Crippen LogP contribution >= 0.6 is 0 Å². The number of carbonyl (C=O) groups is 9. The van der Waals surface area contributed by atoms with Crippen LogP contribution in [0.5, 0.6) is 23.0 Å². The zero-order valence-corrected chi connectivity index (χ0v) is 55.6. The number of likely N-dealkylation sites (N-methyl/N-ethyl adjacent to an activating group) is 3. The topological polar surface area (TPSA) is 255 Å². The summed E-state index contributed by atoms with van der Waals surface area (Å²) in [6.45, 7) is 9.16. The fraction of sp³-hybridized carbons (Fsp3) is 0.529. The van der Waals surface area contributed by atoms with Crippen LogP contribution in [-0.2, 0) is 70.2 Å². The number of fused-ring (bicyclic) bond motifs is 4. The molecule has 1 saturated heterocycles. The summed E-state index contributed by atoms with van der Waals surface area (Å²) in [5, 5.41) is 7.56. The van der Waals surface area contributed by atoms with Crippen LogP contribution < -0.4 is 29.6 Å². The molecule has 0 saturated carbocycles. The van der Waals surface area contributed by atoms with Crippen LogP contribution in [0.4, 0.5) is 0 Å². The van der Waals surface area contributed by atoms with Crippen molar-refractivity contribution in [1.82, 2.24) is 30.2 Å². The summed E-state index contributed by atoms with van der Waals surface area (Å²) in [7, 11) is 9.04. The highest BCUT2D eigenvalue weighted by molar-refractivity contribution is 6.38. The number of aryl methyl sites for hydroxylation is 1. The molecule has 92 heavy (non-hydrogen) atoms. The van der Waals surface area contributed by atoms with E-state index >= 15 is 4.79 Å². The molecule has 22 heteroatoms. The van der Waals surface area contributed by atoms with Crippen LogP contribution in [0.3, 0.4) is 0 Å². The summed E-state index contributed by atoms with van der Waals surface area (Å²) in [6.07, 6.45) is 6.57. The van der Waals surface area contributed by atoms with Gasteiger partial charge in [0, 0.05) is 46.7 Å². The SMILES string of the molecule is CCCC[C@H]1C(=O)N[C@@H](Cc2ccc3ccccc3c2)C(=O)N(C)[C@@H](COC(C)(C)C)C(=O)NCC(=O)N(C)CCCCC=CC(=O)OCC(C)(C)C(=O)C(=O)N2CCCC[C@H]2C(=O)O[C@H](CCc2ccc(OC)c(OC)c2OC)c2cccc(c2)OCC(=O)N1C. The first-order chi connectivity index (χ1) is 43.8. The average molecular weight is 1280 g/mol. The van der Waals surface area contributed by atoms with Gasteiger partial charge >= 0.3 is 11.9 Å². The van der Waals surface area contributed by atoms with E-state index in [0.29, 0.717) is 85.4 Å². The van der Waals surface area contributed by atoms with Crippen LogP contribution in [-0.4, -0.2) is 184 Å². The highest BCUT2D eigenvalue weighted by Gasteiger charge is 2.43. The van der Waals surface area contributed by atoms with Crippen molar-refractivity contribution in [2.45, 2.75) is 154 Å². The summed E-state index contributed by atoms with van der Waals surface area (Å²) in [5.41, 5.74) is -0.340. The van der Waals surface area contributed by atoms with Crippen molar-refractivity contribution in [3.05, 3.63) is 108 Å². The number of unbranched alkanes of at least 4 members (excludes halogenated alkanes) is 1. The maximum absolute atomic E-state index is 15.1.